The van der Waals surface area contributed by atoms with E-state index in [9.17, 15) is 18.0 Å². The minimum Gasteiger partial charge on any atom is -0.369 e. The van der Waals surface area contributed by atoms with E-state index in [0.717, 1.165) is 31.6 Å². The highest BCUT2D eigenvalue weighted by molar-refractivity contribution is 6.06. The van der Waals surface area contributed by atoms with E-state index in [2.05, 4.69) is 25.6 Å². The third-order valence-electron chi connectivity index (χ3n) is 6.37. The average molecular weight is 487 g/mol. The highest BCUT2D eigenvalue weighted by atomic mass is 19.4. The Hall–Kier alpha value is -3.27. The van der Waals surface area contributed by atoms with Crippen molar-refractivity contribution in [1.82, 2.24) is 10.3 Å². The van der Waals surface area contributed by atoms with Crippen LogP contribution >= 0.6 is 0 Å². The average Bonchev–Trinajstić information content (AvgIpc) is 2.83. The van der Waals surface area contributed by atoms with Gasteiger partial charge < -0.3 is 16.4 Å². The molecule has 1 saturated heterocycles. The first-order valence-corrected chi connectivity index (χ1v) is 11.8. The molecule has 1 aromatic heterocycles. The lowest BCUT2D eigenvalue weighted by atomic mass is 9.92. The van der Waals surface area contributed by atoms with Crippen LogP contribution in [0.3, 0.4) is 0 Å². The summed E-state index contributed by atoms with van der Waals surface area (Å²) in [7, 11) is 0. The number of anilines is 1. The van der Waals surface area contributed by atoms with Crippen LogP contribution in [-0.2, 0) is 17.6 Å². The number of aliphatic imine (C=N–C) groups is 2. The molecular formula is C25H29F3N6O. The molecule has 0 radical (unpaired) electrons. The summed E-state index contributed by atoms with van der Waals surface area (Å²) in [6.45, 7) is 1.57. The fourth-order valence-corrected chi connectivity index (χ4v) is 4.52. The number of carbonyl (C=O) groups excluding carboxylic acids is 1. The van der Waals surface area contributed by atoms with E-state index in [1.54, 1.807) is 18.3 Å². The van der Waals surface area contributed by atoms with Crippen LogP contribution in [-0.4, -0.2) is 48.4 Å². The van der Waals surface area contributed by atoms with Crippen molar-refractivity contribution in [2.24, 2.45) is 21.6 Å². The van der Waals surface area contributed by atoms with Gasteiger partial charge in [-0.05, 0) is 67.5 Å². The number of benzene rings is 1. The van der Waals surface area contributed by atoms with E-state index in [-0.39, 0.29) is 30.9 Å². The van der Waals surface area contributed by atoms with Gasteiger partial charge in [-0.3, -0.25) is 14.8 Å². The molecule has 1 aromatic carbocycles. The van der Waals surface area contributed by atoms with Gasteiger partial charge in [-0.2, -0.15) is 13.2 Å². The maximum atomic E-state index is 13.7. The van der Waals surface area contributed by atoms with Gasteiger partial charge in [0.25, 0.3) is 0 Å². The third-order valence-corrected chi connectivity index (χ3v) is 6.37. The Bertz CT molecular complexity index is 1090. The lowest BCUT2D eigenvalue weighted by Gasteiger charge is -2.25. The number of aryl methyl sites for hydroxylation is 1. The fourth-order valence-electron chi connectivity index (χ4n) is 4.52. The number of alkyl halides is 3. The number of amides is 1. The summed E-state index contributed by atoms with van der Waals surface area (Å²) in [5.41, 5.74) is 8.39. The Kier molecular flexibility index (Phi) is 7.80. The Morgan fingerprint density at radius 3 is 2.66 bits per heavy atom. The maximum absolute atomic E-state index is 13.7. The van der Waals surface area contributed by atoms with E-state index < -0.39 is 24.5 Å². The standard InChI is InChI=1S/C25H29F3N6O/c26-25(27,28)20-15-32-24(33-19-7-5-16(6-8-19)18-4-1-11-30-14-18)34-22(20)10-9-21-17(13-23(29)35)3-2-12-31-21/h2-3,5-8,12,18,20,30H,1,4,9-11,13-15H2,(H2,29,35)(H,32,33). The number of nitrogens with two attached hydrogens (primary N) is 1. The monoisotopic (exact) mass is 486 g/mol. The van der Waals surface area contributed by atoms with Gasteiger partial charge in [0, 0.05) is 29.8 Å². The van der Waals surface area contributed by atoms with Gasteiger partial charge in [-0.1, -0.05) is 18.2 Å². The number of nitrogens with one attached hydrogen (secondary N) is 2. The summed E-state index contributed by atoms with van der Waals surface area (Å²) in [6, 6.07) is 11.3. The number of pyridine rings is 1. The molecule has 0 saturated carbocycles. The number of hydrogen-bond donors (Lipinski definition) is 3. The molecule has 3 heterocycles. The molecule has 7 nitrogen and oxygen atoms in total. The lowest BCUT2D eigenvalue weighted by molar-refractivity contribution is -0.153. The summed E-state index contributed by atoms with van der Waals surface area (Å²) in [5, 5.41) is 6.45. The number of piperidine rings is 1. The second-order valence-electron chi connectivity index (χ2n) is 8.90. The number of aromatic nitrogens is 1. The molecule has 2 aliphatic heterocycles. The van der Waals surface area contributed by atoms with Crippen LogP contribution in [0.15, 0.2) is 52.6 Å². The molecule has 0 spiro atoms. The smallest absolute Gasteiger partial charge is 0.369 e. The van der Waals surface area contributed by atoms with Crippen molar-refractivity contribution in [3.8, 4) is 0 Å². The first kappa shape index (κ1) is 24.8. The minimum absolute atomic E-state index is 0.00409. The molecule has 2 unspecified atom stereocenters. The Labute approximate surface area is 202 Å². The minimum atomic E-state index is -4.45. The number of guanidine groups is 1. The second kappa shape index (κ2) is 11.0. The number of rotatable bonds is 7. The van der Waals surface area contributed by atoms with E-state index in [4.69, 9.17) is 5.73 Å². The Morgan fingerprint density at radius 1 is 1.17 bits per heavy atom. The highest BCUT2D eigenvalue weighted by Gasteiger charge is 2.44. The van der Waals surface area contributed by atoms with Crippen LogP contribution in [0.4, 0.5) is 18.9 Å². The van der Waals surface area contributed by atoms with E-state index in [1.807, 2.05) is 24.3 Å². The molecule has 1 fully saturated rings. The molecule has 0 aliphatic carbocycles. The number of primary amides is 1. The number of carbonyl (C=O) groups is 1. The topological polar surface area (TPSA) is 105 Å². The van der Waals surface area contributed by atoms with Crippen LogP contribution < -0.4 is 16.4 Å². The fraction of sp³-hybridized carbons (Fsp3) is 0.440. The molecule has 35 heavy (non-hydrogen) atoms. The largest absolute Gasteiger partial charge is 0.398 e. The Balaban J connectivity index is 1.47. The van der Waals surface area contributed by atoms with Crippen molar-refractivity contribution in [2.45, 2.75) is 44.2 Å². The molecular weight excluding hydrogens is 457 g/mol. The number of hydrogen-bond acceptors (Lipinski definition) is 6. The lowest BCUT2D eigenvalue weighted by Crippen LogP contribution is -2.37. The van der Waals surface area contributed by atoms with Crippen LogP contribution in [0, 0.1) is 5.92 Å². The molecule has 0 bridgehead atoms. The van der Waals surface area contributed by atoms with E-state index >= 15 is 0 Å². The van der Waals surface area contributed by atoms with Gasteiger partial charge >= 0.3 is 6.18 Å². The van der Waals surface area contributed by atoms with Crippen molar-refractivity contribution in [2.75, 3.05) is 25.0 Å². The number of halogens is 3. The molecule has 186 valence electrons. The van der Waals surface area contributed by atoms with Gasteiger partial charge in [0.1, 0.15) is 5.92 Å². The quantitative estimate of drug-likeness (QED) is 0.556. The van der Waals surface area contributed by atoms with Crippen molar-refractivity contribution >= 4 is 23.3 Å². The zero-order valence-electron chi connectivity index (χ0n) is 19.3. The van der Waals surface area contributed by atoms with Crippen LogP contribution in [0.1, 0.15) is 42.0 Å². The molecule has 1 amide bonds. The second-order valence-corrected chi connectivity index (χ2v) is 8.90. The summed E-state index contributed by atoms with van der Waals surface area (Å²) in [6.07, 6.45) is -0.389. The van der Waals surface area contributed by atoms with Crippen LogP contribution in [0.5, 0.6) is 0 Å². The first-order valence-electron chi connectivity index (χ1n) is 11.8. The van der Waals surface area contributed by atoms with Crippen LogP contribution in [0.2, 0.25) is 0 Å². The summed E-state index contributed by atoms with van der Waals surface area (Å²) in [4.78, 5) is 23.9. The molecule has 4 N–H and O–H groups in total. The zero-order chi connectivity index (χ0) is 24.8. The third kappa shape index (κ3) is 6.66. The van der Waals surface area contributed by atoms with Crippen molar-refractivity contribution < 1.29 is 18.0 Å². The Morgan fingerprint density at radius 2 is 1.97 bits per heavy atom. The molecule has 2 aromatic rings. The van der Waals surface area contributed by atoms with Gasteiger partial charge in [0.15, 0.2) is 0 Å². The van der Waals surface area contributed by atoms with Gasteiger partial charge in [-0.25, -0.2) is 4.99 Å². The van der Waals surface area contributed by atoms with Crippen molar-refractivity contribution in [3.05, 3.63) is 59.4 Å². The predicted octanol–water partition coefficient (Wildman–Crippen LogP) is 3.61. The molecule has 10 heteroatoms. The molecule has 2 aliphatic rings. The first-order chi connectivity index (χ1) is 16.8. The summed E-state index contributed by atoms with van der Waals surface area (Å²) in [5.74, 6) is -1.65. The highest BCUT2D eigenvalue weighted by Crippen LogP contribution is 2.31. The van der Waals surface area contributed by atoms with Gasteiger partial charge in [0.2, 0.25) is 11.9 Å². The van der Waals surface area contributed by atoms with Gasteiger partial charge in [-0.15, -0.1) is 0 Å². The summed E-state index contributed by atoms with van der Waals surface area (Å²) < 4.78 is 41.1. The maximum Gasteiger partial charge on any atom is 0.398 e. The normalized spacial score (nSPS) is 20.7. The SMILES string of the molecule is NC(=O)Cc1cccnc1CCC1=NC(Nc2ccc(C3CCCNC3)cc2)=NCC1C(F)(F)F. The molecule has 2 atom stereocenters. The van der Waals surface area contributed by atoms with Crippen LogP contribution in [0.25, 0.3) is 0 Å². The summed E-state index contributed by atoms with van der Waals surface area (Å²) >= 11 is 0. The van der Waals surface area contributed by atoms with Gasteiger partial charge in [0.05, 0.1) is 13.0 Å². The molecule has 4 rings (SSSR count). The van der Waals surface area contributed by atoms with Crippen molar-refractivity contribution in [3.63, 3.8) is 0 Å². The van der Waals surface area contributed by atoms with Crippen molar-refractivity contribution in [1.29, 1.82) is 0 Å². The van der Waals surface area contributed by atoms with E-state index in [1.165, 1.54) is 5.56 Å². The zero-order valence-corrected chi connectivity index (χ0v) is 19.3. The number of nitrogens with zero attached hydrogens (tertiary/aromatic N) is 3. The predicted molar refractivity (Wildman–Crippen MR) is 130 cm³/mol. The van der Waals surface area contributed by atoms with E-state index in [0.29, 0.717) is 17.2 Å².